The van der Waals surface area contributed by atoms with E-state index in [0.29, 0.717) is 5.56 Å². The van der Waals surface area contributed by atoms with E-state index in [0.717, 1.165) is 11.1 Å². The van der Waals surface area contributed by atoms with Crippen molar-refractivity contribution in [2.24, 2.45) is 5.73 Å². The first-order valence-corrected chi connectivity index (χ1v) is 5.19. The Labute approximate surface area is 90.5 Å². The highest BCUT2D eigenvalue weighted by Crippen LogP contribution is 2.34. The lowest BCUT2D eigenvalue weighted by Gasteiger charge is -2.19. The number of aromatic hydroxyl groups is 1. The Morgan fingerprint density at radius 3 is 2.40 bits per heavy atom. The van der Waals surface area contributed by atoms with Crippen molar-refractivity contribution in [3.8, 4) is 5.75 Å². The summed E-state index contributed by atoms with van der Waals surface area (Å²) < 4.78 is 0. The fourth-order valence-corrected chi connectivity index (χ4v) is 1.70. The van der Waals surface area contributed by atoms with E-state index in [2.05, 4.69) is 0 Å². The third-order valence-electron chi connectivity index (χ3n) is 2.63. The molecule has 1 unspecified atom stereocenters. The zero-order valence-electron chi connectivity index (χ0n) is 9.49. The summed E-state index contributed by atoms with van der Waals surface area (Å²) in [6, 6.07) is 3.80. The fraction of sp³-hybridized carbons (Fsp3) is 0.500. The van der Waals surface area contributed by atoms with Crippen molar-refractivity contribution in [3.63, 3.8) is 0 Å². The maximum Gasteiger partial charge on any atom is 0.124 e. The van der Waals surface area contributed by atoms with Crippen molar-refractivity contribution in [1.29, 1.82) is 0 Å². The minimum Gasteiger partial charge on any atom is -0.507 e. The lowest BCUT2D eigenvalue weighted by Crippen LogP contribution is -2.14. The normalized spacial score (nSPS) is 13.2. The number of benzene rings is 1. The second kappa shape index (κ2) is 4.64. The highest BCUT2D eigenvalue weighted by molar-refractivity contribution is 5.47. The zero-order chi connectivity index (χ0) is 11.6. The van der Waals surface area contributed by atoms with Crippen LogP contribution in [0, 0.1) is 6.92 Å². The Morgan fingerprint density at radius 1 is 1.33 bits per heavy atom. The number of nitrogens with two attached hydrogens (primary N) is 1. The Morgan fingerprint density at radius 2 is 1.93 bits per heavy atom. The van der Waals surface area contributed by atoms with Crippen molar-refractivity contribution in [3.05, 3.63) is 28.8 Å². The highest BCUT2D eigenvalue weighted by atomic mass is 16.3. The number of hydrogen-bond donors (Lipinski definition) is 3. The van der Waals surface area contributed by atoms with Crippen LogP contribution in [0.25, 0.3) is 0 Å². The van der Waals surface area contributed by atoms with Gasteiger partial charge in [0.05, 0.1) is 6.10 Å². The largest absolute Gasteiger partial charge is 0.507 e. The van der Waals surface area contributed by atoms with Gasteiger partial charge in [0.1, 0.15) is 5.75 Å². The summed E-state index contributed by atoms with van der Waals surface area (Å²) in [5.41, 5.74) is 7.73. The molecule has 3 heteroatoms. The van der Waals surface area contributed by atoms with Gasteiger partial charge in [-0.25, -0.2) is 0 Å². The summed E-state index contributed by atoms with van der Waals surface area (Å²) in [6.07, 6.45) is -0.790. The van der Waals surface area contributed by atoms with Crippen LogP contribution in [0.2, 0.25) is 0 Å². The van der Waals surface area contributed by atoms with Crippen LogP contribution in [0.1, 0.15) is 42.6 Å². The number of aryl methyl sites for hydroxylation is 1. The Bertz CT molecular complexity index is 348. The minimum absolute atomic E-state index is 0.122. The third kappa shape index (κ3) is 2.30. The summed E-state index contributed by atoms with van der Waals surface area (Å²) in [4.78, 5) is 0. The van der Waals surface area contributed by atoms with Gasteiger partial charge in [0.2, 0.25) is 0 Å². The fourth-order valence-electron chi connectivity index (χ4n) is 1.70. The quantitative estimate of drug-likeness (QED) is 0.711. The first-order valence-electron chi connectivity index (χ1n) is 5.19. The number of rotatable bonds is 3. The first kappa shape index (κ1) is 12.0. The monoisotopic (exact) mass is 209 g/mol. The molecule has 84 valence electrons. The number of phenolic OH excluding ortho intramolecular Hbond substituents is 1. The van der Waals surface area contributed by atoms with Crippen LogP contribution >= 0.6 is 0 Å². The number of hydrogen-bond acceptors (Lipinski definition) is 3. The molecule has 0 saturated carbocycles. The lowest BCUT2D eigenvalue weighted by molar-refractivity contribution is 0.181. The molecule has 0 aliphatic carbocycles. The van der Waals surface area contributed by atoms with Gasteiger partial charge >= 0.3 is 0 Å². The minimum atomic E-state index is -0.790. The Hall–Kier alpha value is -1.06. The number of aliphatic hydroxyl groups excluding tert-OH is 1. The molecule has 1 aromatic rings. The van der Waals surface area contributed by atoms with E-state index in [1.807, 2.05) is 32.9 Å². The SMILES string of the molecule is Cc1ccc(C(C)C)c(C(O)CN)c1O. The molecule has 0 saturated heterocycles. The standard InChI is InChI=1S/C12H19NO2/c1-7(2)9-5-4-8(3)12(15)11(9)10(14)6-13/h4-5,7,10,14-15H,6,13H2,1-3H3. The zero-order valence-corrected chi connectivity index (χ0v) is 9.49. The molecule has 0 fully saturated rings. The van der Waals surface area contributed by atoms with Gasteiger partial charge < -0.3 is 15.9 Å². The Kier molecular flexibility index (Phi) is 3.72. The molecule has 0 radical (unpaired) electrons. The second-order valence-corrected chi connectivity index (χ2v) is 4.14. The Balaban J connectivity index is 3.35. The van der Waals surface area contributed by atoms with E-state index in [4.69, 9.17) is 5.73 Å². The summed E-state index contributed by atoms with van der Waals surface area (Å²) in [5.74, 6) is 0.423. The van der Waals surface area contributed by atoms with E-state index < -0.39 is 6.10 Å². The molecular weight excluding hydrogens is 190 g/mol. The molecule has 0 aliphatic rings. The van der Waals surface area contributed by atoms with E-state index in [1.165, 1.54) is 0 Å². The van der Waals surface area contributed by atoms with Crippen LogP contribution in [-0.2, 0) is 0 Å². The van der Waals surface area contributed by atoms with Gasteiger partial charge in [0, 0.05) is 12.1 Å². The van der Waals surface area contributed by atoms with E-state index >= 15 is 0 Å². The molecule has 1 aromatic carbocycles. The van der Waals surface area contributed by atoms with Gasteiger partial charge in [0.15, 0.2) is 0 Å². The van der Waals surface area contributed by atoms with Crippen molar-refractivity contribution >= 4 is 0 Å². The van der Waals surface area contributed by atoms with Crippen molar-refractivity contribution in [2.75, 3.05) is 6.54 Å². The summed E-state index contributed by atoms with van der Waals surface area (Å²) >= 11 is 0. The molecule has 0 aromatic heterocycles. The van der Waals surface area contributed by atoms with Crippen molar-refractivity contribution in [2.45, 2.75) is 32.8 Å². The van der Waals surface area contributed by atoms with Crippen LogP contribution in [0.15, 0.2) is 12.1 Å². The predicted octanol–water partition coefficient (Wildman–Crippen LogP) is 1.82. The van der Waals surface area contributed by atoms with Crippen LogP contribution in [0.5, 0.6) is 5.75 Å². The average molecular weight is 209 g/mol. The molecule has 1 rings (SSSR count). The average Bonchev–Trinajstić information content (AvgIpc) is 2.20. The van der Waals surface area contributed by atoms with E-state index in [9.17, 15) is 10.2 Å². The second-order valence-electron chi connectivity index (χ2n) is 4.14. The van der Waals surface area contributed by atoms with Gasteiger partial charge in [-0.2, -0.15) is 0 Å². The summed E-state index contributed by atoms with van der Waals surface area (Å²) in [6.45, 7) is 5.98. The van der Waals surface area contributed by atoms with Crippen LogP contribution < -0.4 is 5.73 Å². The molecule has 0 spiro atoms. The summed E-state index contributed by atoms with van der Waals surface area (Å²) in [5, 5.41) is 19.7. The van der Waals surface area contributed by atoms with Crippen molar-refractivity contribution < 1.29 is 10.2 Å². The van der Waals surface area contributed by atoms with Crippen molar-refractivity contribution in [1.82, 2.24) is 0 Å². The van der Waals surface area contributed by atoms with Gasteiger partial charge in [0.25, 0.3) is 0 Å². The van der Waals surface area contributed by atoms with Gasteiger partial charge in [-0.05, 0) is 24.0 Å². The molecule has 1 atom stereocenters. The van der Waals surface area contributed by atoms with E-state index in [1.54, 1.807) is 0 Å². The first-order chi connectivity index (χ1) is 6.99. The molecule has 0 heterocycles. The molecular formula is C12H19NO2. The molecule has 0 bridgehead atoms. The third-order valence-corrected chi connectivity index (χ3v) is 2.63. The summed E-state index contributed by atoms with van der Waals surface area (Å²) in [7, 11) is 0. The maximum atomic E-state index is 9.91. The molecule has 4 N–H and O–H groups in total. The topological polar surface area (TPSA) is 66.5 Å². The van der Waals surface area contributed by atoms with Crippen LogP contribution in [0.3, 0.4) is 0 Å². The van der Waals surface area contributed by atoms with Crippen LogP contribution in [0.4, 0.5) is 0 Å². The van der Waals surface area contributed by atoms with Crippen LogP contribution in [-0.4, -0.2) is 16.8 Å². The van der Waals surface area contributed by atoms with Gasteiger partial charge in [-0.1, -0.05) is 26.0 Å². The molecule has 0 aliphatic heterocycles. The maximum absolute atomic E-state index is 9.91. The predicted molar refractivity (Wildman–Crippen MR) is 60.9 cm³/mol. The molecule has 15 heavy (non-hydrogen) atoms. The highest BCUT2D eigenvalue weighted by Gasteiger charge is 2.18. The molecule has 3 nitrogen and oxygen atoms in total. The smallest absolute Gasteiger partial charge is 0.124 e. The van der Waals surface area contributed by atoms with E-state index in [-0.39, 0.29) is 18.2 Å². The van der Waals surface area contributed by atoms with Gasteiger partial charge in [-0.3, -0.25) is 0 Å². The molecule has 0 amide bonds. The number of aliphatic hydroxyl groups is 1. The van der Waals surface area contributed by atoms with Gasteiger partial charge in [-0.15, -0.1) is 0 Å². The lowest BCUT2D eigenvalue weighted by atomic mass is 9.91. The number of phenols is 1.